The highest BCUT2D eigenvalue weighted by atomic mass is 32.1. The molecule has 0 amide bonds. The molecule has 6 heteroatoms. The fourth-order valence-corrected chi connectivity index (χ4v) is 13.9. The number of aromatic nitrogens is 2. The Bertz CT molecular complexity index is 2430. The summed E-state index contributed by atoms with van der Waals surface area (Å²) in [4.78, 5) is 19.4. The maximum Gasteiger partial charge on any atom is 0.135 e. The van der Waals surface area contributed by atoms with Crippen molar-refractivity contribution in [3.8, 4) is 46.8 Å². The van der Waals surface area contributed by atoms with Crippen molar-refractivity contribution in [1.29, 1.82) is 0 Å². The Morgan fingerprint density at radius 2 is 1.03 bits per heavy atom. The van der Waals surface area contributed by atoms with Crippen molar-refractivity contribution in [2.24, 2.45) is 11.8 Å². The second-order valence-corrected chi connectivity index (χ2v) is 23.7. The average molecular weight is 958 g/mol. The number of hydrogen-bond donors (Lipinski definition) is 0. The summed E-state index contributed by atoms with van der Waals surface area (Å²) in [6, 6.07) is 23.6. The van der Waals surface area contributed by atoms with Gasteiger partial charge in [0.05, 0.1) is 21.1 Å². The molecule has 0 bridgehead atoms. The van der Waals surface area contributed by atoms with Gasteiger partial charge in [-0.2, -0.15) is 0 Å². The van der Waals surface area contributed by atoms with E-state index < -0.39 is 0 Å². The van der Waals surface area contributed by atoms with Crippen LogP contribution in [0.25, 0.3) is 52.1 Å². The third-order valence-corrected chi connectivity index (χ3v) is 18.6. The molecular formula is C61H84N2OS3. The van der Waals surface area contributed by atoms with Gasteiger partial charge >= 0.3 is 0 Å². The van der Waals surface area contributed by atoms with Gasteiger partial charge in [0.2, 0.25) is 0 Å². The van der Waals surface area contributed by atoms with Gasteiger partial charge in [-0.1, -0.05) is 181 Å². The number of nitrogens with zero attached hydrogens (tertiary/aromatic N) is 2. The van der Waals surface area contributed by atoms with Crippen molar-refractivity contribution in [1.82, 2.24) is 9.97 Å². The molecule has 67 heavy (non-hydrogen) atoms. The number of benzene rings is 2. The standard InChI is InChI=1S/C61H84N2OS3/c1-9-15-19-21-23-25-37-61(38-26-24-22-20-16-10-2)50-42-47(31-33-48(50)49-32-29-43(7)39-53(49)64-61)54-35-36-56(66-54)60-58-57(59(67-60)55-34-30-44(8)65-55)62-51(40-45(13-5)27-17-11-3)52(63-58)41-46(14-6)28-18-12-4/h29-36,39,42,45-46H,9-28,37-38,40-41H2,1-8H3. The van der Waals surface area contributed by atoms with Gasteiger partial charge < -0.3 is 4.74 Å². The molecular weight excluding hydrogens is 873 g/mol. The summed E-state index contributed by atoms with van der Waals surface area (Å²) >= 11 is 5.74. The van der Waals surface area contributed by atoms with Gasteiger partial charge in [-0.05, 0) is 117 Å². The zero-order valence-electron chi connectivity index (χ0n) is 42.9. The van der Waals surface area contributed by atoms with Crippen LogP contribution in [0.1, 0.15) is 210 Å². The van der Waals surface area contributed by atoms with Crippen LogP contribution in [0.5, 0.6) is 5.75 Å². The molecule has 0 N–H and O–H groups in total. The summed E-state index contributed by atoms with van der Waals surface area (Å²) in [5, 5.41) is 0. The third kappa shape index (κ3) is 12.9. The van der Waals surface area contributed by atoms with Gasteiger partial charge in [0, 0.05) is 30.6 Å². The summed E-state index contributed by atoms with van der Waals surface area (Å²) in [6.45, 7) is 18.5. The van der Waals surface area contributed by atoms with E-state index in [2.05, 4.69) is 116 Å². The van der Waals surface area contributed by atoms with E-state index in [0.29, 0.717) is 11.8 Å². The fourth-order valence-electron chi connectivity index (χ4n) is 10.7. The first kappa shape index (κ1) is 51.5. The Kier molecular flexibility index (Phi) is 19.6. The summed E-state index contributed by atoms with van der Waals surface area (Å²) in [6.07, 6.45) is 29.6. The Labute approximate surface area is 419 Å². The molecule has 1 aliphatic heterocycles. The monoisotopic (exact) mass is 957 g/mol. The normalized spacial score (nSPS) is 14.0. The minimum absolute atomic E-state index is 0.329. The van der Waals surface area contributed by atoms with Crippen molar-refractivity contribution in [2.45, 2.75) is 215 Å². The molecule has 0 radical (unpaired) electrons. The van der Waals surface area contributed by atoms with Crippen molar-refractivity contribution in [3.05, 3.63) is 88.1 Å². The molecule has 0 spiro atoms. The van der Waals surface area contributed by atoms with Crippen LogP contribution >= 0.6 is 34.0 Å². The Balaban J connectivity index is 1.31. The van der Waals surface area contributed by atoms with Crippen molar-refractivity contribution in [2.75, 3.05) is 0 Å². The number of ether oxygens (including phenoxy) is 1. The number of unbranched alkanes of at least 4 members (excludes halogenated alkanes) is 12. The van der Waals surface area contributed by atoms with Gasteiger partial charge in [0.15, 0.2) is 0 Å². The molecule has 1 aliphatic rings. The van der Waals surface area contributed by atoms with Crippen LogP contribution < -0.4 is 4.74 Å². The fraction of sp³-hybridized carbons (Fsp3) is 0.574. The molecule has 0 saturated heterocycles. The van der Waals surface area contributed by atoms with E-state index in [1.807, 2.05) is 34.0 Å². The maximum atomic E-state index is 7.46. The first-order valence-electron chi connectivity index (χ1n) is 27.2. The van der Waals surface area contributed by atoms with Gasteiger partial charge in [-0.15, -0.1) is 34.0 Å². The average Bonchev–Trinajstić information content (AvgIpc) is 4.10. The molecule has 2 unspecified atom stereocenters. The minimum atomic E-state index is -0.329. The smallest absolute Gasteiger partial charge is 0.135 e. The Morgan fingerprint density at radius 3 is 1.58 bits per heavy atom. The van der Waals surface area contributed by atoms with E-state index in [1.165, 1.54) is 197 Å². The number of fused-ring (bicyclic) bond motifs is 4. The number of rotatable bonds is 29. The van der Waals surface area contributed by atoms with Crippen LogP contribution in [0.15, 0.2) is 60.7 Å². The summed E-state index contributed by atoms with van der Waals surface area (Å²) in [5.41, 5.74) is 11.0. The molecule has 2 atom stereocenters. The van der Waals surface area contributed by atoms with E-state index in [0.717, 1.165) is 42.5 Å². The largest absolute Gasteiger partial charge is 0.482 e. The van der Waals surface area contributed by atoms with E-state index in [9.17, 15) is 0 Å². The predicted molar refractivity (Wildman–Crippen MR) is 297 cm³/mol. The highest BCUT2D eigenvalue weighted by Crippen LogP contribution is 2.53. The second-order valence-electron chi connectivity index (χ2n) is 20.3. The quantitative estimate of drug-likeness (QED) is 0.0440. The highest BCUT2D eigenvalue weighted by Gasteiger charge is 2.40. The molecule has 362 valence electrons. The van der Waals surface area contributed by atoms with Gasteiger partial charge in [-0.25, -0.2) is 9.97 Å². The predicted octanol–water partition coefficient (Wildman–Crippen LogP) is 20.7. The summed E-state index contributed by atoms with van der Waals surface area (Å²) in [7, 11) is 0. The van der Waals surface area contributed by atoms with Gasteiger partial charge in [0.1, 0.15) is 22.4 Å². The highest BCUT2D eigenvalue weighted by molar-refractivity contribution is 7.28. The number of hydrogen-bond acceptors (Lipinski definition) is 6. The molecule has 3 nitrogen and oxygen atoms in total. The Morgan fingerprint density at radius 1 is 0.507 bits per heavy atom. The van der Waals surface area contributed by atoms with E-state index in [4.69, 9.17) is 14.7 Å². The first-order chi connectivity index (χ1) is 32.7. The maximum absolute atomic E-state index is 7.46. The van der Waals surface area contributed by atoms with Crippen molar-refractivity contribution >= 4 is 45.0 Å². The van der Waals surface area contributed by atoms with Crippen LogP contribution in [0.2, 0.25) is 0 Å². The van der Waals surface area contributed by atoms with Crippen molar-refractivity contribution < 1.29 is 4.74 Å². The number of thiophene rings is 3. The molecule has 6 aromatic rings. The molecule has 0 fully saturated rings. The number of aryl methyl sites for hydroxylation is 2. The lowest BCUT2D eigenvalue weighted by Crippen LogP contribution is -2.36. The van der Waals surface area contributed by atoms with Gasteiger partial charge in [-0.3, -0.25) is 0 Å². The summed E-state index contributed by atoms with van der Waals surface area (Å²) in [5.74, 6) is 2.35. The van der Waals surface area contributed by atoms with Crippen molar-refractivity contribution in [3.63, 3.8) is 0 Å². The lowest BCUT2D eigenvalue weighted by Gasteiger charge is -2.41. The van der Waals surface area contributed by atoms with Crippen LogP contribution in [0.4, 0.5) is 0 Å². The molecule has 0 saturated carbocycles. The lowest BCUT2D eigenvalue weighted by atomic mass is 9.76. The van der Waals surface area contributed by atoms with E-state index >= 15 is 0 Å². The Hall–Kier alpha value is -3.32. The molecule has 7 rings (SSSR count). The second kappa shape index (κ2) is 25.5. The first-order valence-corrected chi connectivity index (χ1v) is 29.6. The van der Waals surface area contributed by atoms with E-state index in [-0.39, 0.29) is 5.60 Å². The lowest BCUT2D eigenvalue weighted by molar-refractivity contribution is 0.0385. The molecule has 0 aliphatic carbocycles. The zero-order chi connectivity index (χ0) is 47.2. The molecule has 2 aromatic carbocycles. The van der Waals surface area contributed by atoms with E-state index in [1.54, 1.807) is 0 Å². The molecule has 4 aromatic heterocycles. The summed E-state index contributed by atoms with van der Waals surface area (Å²) < 4.78 is 7.46. The van der Waals surface area contributed by atoms with Crippen LogP contribution in [-0.2, 0) is 18.4 Å². The van der Waals surface area contributed by atoms with Gasteiger partial charge in [0.25, 0.3) is 0 Å². The minimum Gasteiger partial charge on any atom is -0.482 e. The van der Waals surface area contributed by atoms with Crippen LogP contribution in [-0.4, -0.2) is 9.97 Å². The zero-order valence-corrected chi connectivity index (χ0v) is 45.4. The van der Waals surface area contributed by atoms with Crippen LogP contribution in [0, 0.1) is 25.7 Å². The van der Waals surface area contributed by atoms with Crippen LogP contribution in [0.3, 0.4) is 0 Å². The SMILES string of the molecule is CCCCCCCCC1(CCCCCCCC)Oc2cc(C)ccc2-c2ccc(-c3ccc(-c4sc(-c5ccc(C)s5)c5nc(CC(CC)CCCC)c(CC(CC)CCCC)nc45)s3)cc21. The topological polar surface area (TPSA) is 35.0 Å². The molecule has 5 heterocycles. The third-order valence-electron chi connectivity index (χ3n) is 14.9.